The van der Waals surface area contributed by atoms with Gasteiger partial charge in [0.05, 0.1) is 44.4 Å². The van der Waals surface area contributed by atoms with Crippen molar-refractivity contribution in [3.8, 4) is 120 Å². The third-order valence-corrected chi connectivity index (χ3v) is 24.8. The Morgan fingerprint density at radius 1 is 0.367 bits per heavy atom. The number of aliphatic carboxylic acids is 4. The number of carboxylic acids is 4. The van der Waals surface area contributed by atoms with Gasteiger partial charge in [0.25, 0.3) is 0 Å². The highest BCUT2D eigenvalue weighted by Crippen LogP contribution is 2.48. The van der Waals surface area contributed by atoms with Gasteiger partial charge in [-0.2, -0.15) is 0 Å². The van der Waals surface area contributed by atoms with Gasteiger partial charge >= 0.3 is 23.9 Å². The third kappa shape index (κ3) is 21.0. The normalized spacial score (nSPS) is 11.7. The average Bonchev–Trinajstić information content (AvgIpc) is 1.60. The summed E-state index contributed by atoms with van der Waals surface area (Å²) in [5.41, 5.74) is 19.8. The molecule has 0 saturated carbocycles. The number of carboxylic acid groups (broad SMARTS) is 4. The lowest BCUT2D eigenvalue weighted by Gasteiger charge is -2.12. The maximum atomic E-state index is 10.9. The van der Waals surface area contributed by atoms with E-state index >= 15 is 0 Å². The van der Waals surface area contributed by atoms with Crippen LogP contribution < -0.4 is 37.9 Å². The largest absolute Gasteiger partial charge is 0.508 e. The van der Waals surface area contributed by atoms with Crippen LogP contribution in [-0.2, 0) is 57.7 Å². The quantitative estimate of drug-likeness (QED) is 0.0257. The first-order valence-electron chi connectivity index (χ1n) is 40.1. The van der Waals surface area contributed by atoms with Gasteiger partial charge < -0.3 is 83.4 Å². The molecule has 0 radical (unpaired) electrons. The number of aromatic nitrogens is 5. The Hall–Kier alpha value is -12.1. The number of rotatable bonds is 25. The number of carbonyl (C=O) groups is 4. The van der Waals surface area contributed by atoms with Gasteiger partial charge in [-0.15, -0.1) is 0 Å². The number of phenolic OH excluding ortho intramolecular Hbond substituents is 1. The van der Waals surface area contributed by atoms with E-state index in [0.717, 1.165) is 176 Å². The second-order valence-corrected chi connectivity index (χ2v) is 34.9. The van der Waals surface area contributed by atoms with Gasteiger partial charge in [0, 0.05) is 115 Å². The maximum Gasteiger partial charge on any atom is 0.307 e. The molecule has 0 fully saturated rings. The topological polar surface area (TPSA) is 319 Å². The molecule has 11 aromatic carbocycles. The number of aryl methyl sites for hydroxylation is 7. The molecular formula is C98H77Br4Cl4N5O17. The fourth-order valence-electron chi connectivity index (χ4n) is 15.1. The van der Waals surface area contributed by atoms with E-state index in [1.165, 1.54) is 5.56 Å². The zero-order valence-electron chi connectivity index (χ0n) is 68.5. The molecule has 9 N–H and O–H groups in total. The first-order chi connectivity index (χ1) is 61.6. The lowest BCUT2D eigenvalue weighted by Crippen LogP contribution is -2.00. The second kappa shape index (κ2) is 40.1. The van der Waals surface area contributed by atoms with Crippen LogP contribution in [0, 0.1) is 13.8 Å². The van der Waals surface area contributed by atoms with Gasteiger partial charge in [0.15, 0.2) is 46.0 Å². The van der Waals surface area contributed by atoms with E-state index in [0.29, 0.717) is 75.1 Å². The van der Waals surface area contributed by atoms with Crippen molar-refractivity contribution >= 4 is 178 Å². The molecule has 5 aromatic heterocycles. The van der Waals surface area contributed by atoms with Crippen LogP contribution in [0.2, 0.25) is 20.1 Å². The van der Waals surface area contributed by atoms with E-state index in [4.69, 9.17) is 105 Å². The number of phenols is 1. The Kier molecular flexibility index (Phi) is 28.4. The Morgan fingerprint density at radius 3 is 1.05 bits per heavy atom. The van der Waals surface area contributed by atoms with Gasteiger partial charge in [-0.05, 0) is 354 Å². The Morgan fingerprint density at radius 2 is 0.688 bits per heavy atom. The average molecular weight is 2060 g/mol. The van der Waals surface area contributed by atoms with Crippen molar-refractivity contribution in [2.24, 2.45) is 0 Å². The van der Waals surface area contributed by atoms with Gasteiger partial charge in [0.1, 0.15) is 28.7 Å². The van der Waals surface area contributed by atoms with Crippen molar-refractivity contribution in [2.45, 2.75) is 85.5 Å². The molecule has 652 valence electrons. The summed E-state index contributed by atoms with van der Waals surface area (Å²) in [6.45, 7) is 8.82. The Labute approximate surface area is 786 Å². The molecule has 0 amide bonds. The molecule has 18 rings (SSSR count). The first-order valence-corrected chi connectivity index (χ1v) is 44.8. The molecule has 0 unspecified atom stereocenters. The van der Waals surface area contributed by atoms with Gasteiger partial charge in [0.2, 0.25) is 13.6 Å². The van der Waals surface area contributed by atoms with E-state index in [1.54, 1.807) is 54.9 Å². The number of aromatic amines is 4. The number of hydrogen-bond acceptors (Lipinski definition) is 14. The molecule has 0 atom stereocenters. The summed E-state index contributed by atoms with van der Waals surface area (Å²) in [5, 5.41) is 50.6. The molecule has 16 aromatic rings. The second-order valence-electron chi connectivity index (χ2n) is 29.9. The van der Waals surface area contributed by atoms with Crippen molar-refractivity contribution in [1.82, 2.24) is 24.9 Å². The first kappa shape index (κ1) is 90.7. The van der Waals surface area contributed by atoms with Crippen LogP contribution >= 0.6 is 110 Å². The van der Waals surface area contributed by atoms with Crippen LogP contribution in [-0.4, -0.2) is 87.9 Å². The van der Waals surface area contributed by atoms with Crippen molar-refractivity contribution < 1.29 is 82.6 Å². The number of halogens is 8. The Bertz CT molecular complexity index is 6670. The SMILES string of the molecule is CCc1c(-c2ccc3c(c2)OCO3)[nH]c2ccc(Oc3c(Br)cc(CCC(=O)O)cc3Br)cc12.CCc1c(-c2ccc3c(c2)OCO3)[nH]c2ccc(Oc3c(Cl)cc(CCC(=O)O)cc3Cl)cc12.Cc1c(-c2ccc(O)cc2)[nH]c2ccc(Oc3c(Cl)cc(CC(=O)O)cc3Cl)cc12.Cc1c(-c2ccncc2)[nH]c2ccc(Oc3c(Br)cc(CCC(=O)O)cc3Br)cc12. The Balaban J connectivity index is 0.000000132. The summed E-state index contributed by atoms with van der Waals surface area (Å²) < 4.78 is 49.4. The van der Waals surface area contributed by atoms with Gasteiger partial charge in [-0.25, -0.2) is 0 Å². The molecule has 128 heavy (non-hydrogen) atoms. The van der Waals surface area contributed by atoms with Crippen molar-refractivity contribution in [2.75, 3.05) is 13.6 Å². The van der Waals surface area contributed by atoms with Crippen LogP contribution in [0.15, 0.2) is 224 Å². The minimum atomic E-state index is -0.964. The summed E-state index contributed by atoms with van der Waals surface area (Å²) in [4.78, 5) is 61.5. The molecule has 2 aliphatic heterocycles. The zero-order valence-corrected chi connectivity index (χ0v) is 77.9. The summed E-state index contributed by atoms with van der Waals surface area (Å²) >= 11 is 39.6. The number of aromatic hydroxyl groups is 1. The summed E-state index contributed by atoms with van der Waals surface area (Å²) in [7, 11) is 0. The van der Waals surface area contributed by atoms with Crippen LogP contribution in [0.5, 0.6) is 74.7 Å². The summed E-state index contributed by atoms with van der Waals surface area (Å²) in [6.07, 6.45) is 6.46. The number of nitrogens with zero attached hydrogens (tertiary/aromatic N) is 1. The predicted molar refractivity (Wildman–Crippen MR) is 511 cm³/mol. The number of fused-ring (bicyclic) bond motifs is 6. The lowest BCUT2D eigenvalue weighted by atomic mass is 10.0. The number of nitrogens with one attached hydrogen (secondary N) is 4. The lowest BCUT2D eigenvalue weighted by molar-refractivity contribution is -0.138. The van der Waals surface area contributed by atoms with Crippen LogP contribution in [0.25, 0.3) is 88.6 Å². The van der Waals surface area contributed by atoms with E-state index in [2.05, 4.69) is 109 Å². The van der Waals surface area contributed by atoms with Crippen LogP contribution in [0.4, 0.5) is 0 Å². The molecular weight excluding hydrogens is 1980 g/mol. The number of benzene rings is 11. The van der Waals surface area contributed by atoms with E-state index in [-0.39, 0.29) is 60.8 Å². The molecule has 0 spiro atoms. The van der Waals surface area contributed by atoms with Crippen molar-refractivity contribution in [3.05, 3.63) is 289 Å². The van der Waals surface area contributed by atoms with E-state index in [1.807, 2.05) is 159 Å². The zero-order chi connectivity index (χ0) is 90.3. The van der Waals surface area contributed by atoms with Crippen molar-refractivity contribution in [3.63, 3.8) is 0 Å². The van der Waals surface area contributed by atoms with Gasteiger partial charge in [-0.3, -0.25) is 24.2 Å². The molecule has 0 bridgehead atoms. The number of hydrogen-bond donors (Lipinski definition) is 9. The van der Waals surface area contributed by atoms with Crippen LogP contribution in [0.3, 0.4) is 0 Å². The smallest absolute Gasteiger partial charge is 0.307 e. The van der Waals surface area contributed by atoms with Gasteiger partial charge in [-0.1, -0.05) is 60.3 Å². The monoisotopic (exact) mass is 2050 g/mol. The molecule has 2 aliphatic rings. The highest BCUT2D eigenvalue weighted by atomic mass is 79.9. The molecule has 0 saturated heterocycles. The number of pyridine rings is 1. The van der Waals surface area contributed by atoms with Crippen LogP contribution in [0.1, 0.15) is 77.6 Å². The summed E-state index contributed by atoms with van der Waals surface area (Å²) in [5.74, 6) is 4.21. The molecule has 7 heterocycles. The predicted octanol–water partition coefficient (Wildman–Crippen LogP) is 28.2. The van der Waals surface area contributed by atoms with Crippen molar-refractivity contribution in [1.29, 1.82) is 0 Å². The molecule has 30 heteroatoms. The summed E-state index contributed by atoms with van der Waals surface area (Å²) in [6, 6.07) is 60.2. The molecule has 22 nitrogen and oxygen atoms in total. The third-order valence-electron chi connectivity index (χ3n) is 21.3. The highest BCUT2D eigenvalue weighted by molar-refractivity contribution is 9.11. The number of ether oxygens (including phenoxy) is 8. The molecule has 0 aliphatic carbocycles. The standard InChI is InChI=1S/C26H21Br2NO5.C26H21Cl2NO5.C23H18Br2N2O3.C23H17Cl2NO4/c2*1-2-17-18-12-16(34-26-19(27)9-14(10-20(26)28)3-8-24(30)31)5-6-21(18)29-25(17)15-4-7-22-23(11-15)33-13-32-22;1-13-17-12-16(3-4-20(17)27-22(13)15-6-8-26-9-7-15)30-23-18(24)10-14(11-19(23)25)2-5-21(28)29;1-12-17-11-16(30-23-18(24)8-13(9-19(23)25)10-21(28)29)6-7-20(17)26-22(12)14-2-4-15(27)5-3-14/h2*4-7,9-12,29H,2-3,8,13H2,1H3,(H,30,31);3-4,6-12,27H,2,5H2,1H3,(H,28,29);2-9,11,26-27H,10H2,1H3,(H,28,29). The maximum absolute atomic E-state index is 10.9. The minimum Gasteiger partial charge on any atom is -0.508 e. The minimum absolute atomic E-state index is 0.00250. The fourth-order valence-corrected chi connectivity index (χ4v) is 19.3. The van der Waals surface area contributed by atoms with E-state index < -0.39 is 23.9 Å². The number of H-pyrrole nitrogens is 4. The fraction of sp³-hybridized carbons (Fsp3) is 0.153. The van der Waals surface area contributed by atoms with E-state index in [9.17, 15) is 24.3 Å². The highest BCUT2D eigenvalue weighted by Gasteiger charge is 2.25.